The molecule has 7 heteroatoms. The van der Waals surface area contributed by atoms with Gasteiger partial charge in [-0.3, -0.25) is 4.79 Å². The average Bonchev–Trinajstić information content (AvgIpc) is 2.55. The number of carbonyl (C=O) groups excluding carboxylic acids is 1. The standard InChI is InChI=1S/C8H8O4S.C7H6O2/c1-12-8(9)6-4-2-3-5-7(6)13(10)11;8-7(9)6-4-2-1-3-5-6/h2-6H,1H3;1-5H,(H,8,9). The molecule has 1 atom stereocenters. The van der Waals surface area contributed by atoms with Crippen LogP contribution in [0.4, 0.5) is 0 Å². The number of benzene rings is 1. The van der Waals surface area contributed by atoms with Crippen molar-refractivity contribution in [1.29, 1.82) is 0 Å². The van der Waals surface area contributed by atoms with E-state index in [1.54, 1.807) is 42.5 Å². The van der Waals surface area contributed by atoms with Gasteiger partial charge in [0.1, 0.15) is 5.92 Å². The summed E-state index contributed by atoms with van der Waals surface area (Å²) in [4.78, 5) is 21.3. The van der Waals surface area contributed by atoms with E-state index in [4.69, 9.17) is 5.11 Å². The van der Waals surface area contributed by atoms with Gasteiger partial charge in [-0.1, -0.05) is 36.4 Å². The Bertz CT molecular complexity index is 721. The molecule has 0 radical (unpaired) electrons. The van der Waals surface area contributed by atoms with Crippen molar-refractivity contribution in [3.05, 3.63) is 60.2 Å². The maximum absolute atomic E-state index is 11.1. The van der Waals surface area contributed by atoms with Crippen LogP contribution in [0.15, 0.2) is 54.6 Å². The maximum atomic E-state index is 11.1. The fraction of sp³-hybridized carbons (Fsp3) is 0.133. The third kappa shape index (κ3) is 5.02. The zero-order valence-corrected chi connectivity index (χ0v) is 12.5. The minimum absolute atomic E-state index is 0.0364. The first kappa shape index (κ1) is 17.4. The van der Waals surface area contributed by atoms with Crippen LogP contribution in [0.25, 0.3) is 0 Å². The van der Waals surface area contributed by atoms with E-state index in [9.17, 15) is 18.0 Å². The van der Waals surface area contributed by atoms with Gasteiger partial charge in [0.15, 0.2) is 0 Å². The lowest BCUT2D eigenvalue weighted by atomic mass is 10.0. The lowest BCUT2D eigenvalue weighted by Crippen LogP contribution is -2.23. The molecule has 1 aromatic rings. The summed E-state index contributed by atoms with van der Waals surface area (Å²) in [7, 11) is -1.15. The minimum Gasteiger partial charge on any atom is -0.478 e. The van der Waals surface area contributed by atoms with E-state index < -0.39 is 28.1 Å². The first-order valence-corrected chi connectivity index (χ1v) is 7.22. The number of carboxylic acids is 1. The maximum Gasteiger partial charge on any atom is 0.335 e. The second-order valence-corrected chi connectivity index (χ2v) is 4.99. The number of allylic oxidation sites excluding steroid dienone is 3. The van der Waals surface area contributed by atoms with Crippen LogP contribution in [0.3, 0.4) is 0 Å². The molecular weight excluding hydrogens is 308 g/mol. The Kier molecular flexibility index (Phi) is 6.78. The highest BCUT2D eigenvalue weighted by atomic mass is 32.2. The molecule has 0 saturated carbocycles. The van der Waals surface area contributed by atoms with Gasteiger partial charge in [-0.2, -0.15) is 8.42 Å². The lowest BCUT2D eigenvalue weighted by Gasteiger charge is -2.09. The fourth-order valence-electron chi connectivity index (χ4n) is 1.59. The summed E-state index contributed by atoms with van der Waals surface area (Å²) in [6.45, 7) is 0. The topological polar surface area (TPSA) is 97.7 Å². The van der Waals surface area contributed by atoms with Crippen LogP contribution in [-0.4, -0.2) is 37.4 Å². The largest absolute Gasteiger partial charge is 0.478 e. The van der Waals surface area contributed by atoms with Crippen molar-refractivity contribution < 1.29 is 27.9 Å². The number of hydrogen-bond acceptors (Lipinski definition) is 5. The first-order chi connectivity index (χ1) is 10.5. The molecule has 1 aliphatic carbocycles. The van der Waals surface area contributed by atoms with Crippen molar-refractivity contribution >= 4 is 27.1 Å². The summed E-state index contributed by atoms with van der Waals surface area (Å²) < 4.78 is 25.8. The predicted octanol–water partition coefficient (Wildman–Crippen LogP) is 1.34. The van der Waals surface area contributed by atoms with Gasteiger partial charge in [0, 0.05) is 0 Å². The molecule has 0 saturated heterocycles. The van der Waals surface area contributed by atoms with Crippen LogP contribution in [-0.2, 0) is 19.8 Å². The van der Waals surface area contributed by atoms with Gasteiger partial charge in [0.2, 0.25) is 10.3 Å². The van der Waals surface area contributed by atoms with E-state index in [1.165, 1.54) is 19.3 Å². The van der Waals surface area contributed by atoms with Crippen molar-refractivity contribution in [1.82, 2.24) is 0 Å². The number of aromatic carboxylic acids is 1. The Morgan fingerprint density at radius 2 is 1.77 bits per heavy atom. The zero-order chi connectivity index (χ0) is 16.5. The Hall–Kier alpha value is -2.67. The number of hydrogen-bond donors (Lipinski definition) is 1. The molecule has 1 aromatic carbocycles. The van der Waals surface area contributed by atoms with Crippen molar-refractivity contribution in [3.63, 3.8) is 0 Å². The van der Waals surface area contributed by atoms with Gasteiger partial charge in [-0.25, -0.2) is 4.79 Å². The van der Waals surface area contributed by atoms with E-state index in [0.717, 1.165) is 0 Å². The van der Waals surface area contributed by atoms with E-state index in [-0.39, 0.29) is 4.86 Å². The monoisotopic (exact) mass is 322 g/mol. The third-order valence-corrected chi connectivity index (χ3v) is 3.42. The number of ether oxygens (including phenoxy) is 1. The summed E-state index contributed by atoms with van der Waals surface area (Å²) >= 11 is 0. The highest BCUT2D eigenvalue weighted by molar-refractivity contribution is 7.73. The average molecular weight is 322 g/mol. The van der Waals surface area contributed by atoms with Gasteiger partial charge in [-0.15, -0.1) is 0 Å². The summed E-state index contributed by atoms with van der Waals surface area (Å²) in [6.07, 6.45) is 6.03. The SMILES string of the molecule is COC(=O)C1C=CC=CC1=S(=O)=O.O=C(O)c1ccccc1. The second kappa shape index (κ2) is 8.58. The van der Waals surface area contributed by atoms with Gasteiger partial charge < -0.3 is 9.84 Å². The molecule has 6 nitrogen and oxygen atoms in total. The van der Waals surface area contributed by atoms with Crippen molar-refractivity contribution in [2.24, 2.45) is 5.92 Å². The predicted molar refractivity (Wildman–Crippen MR) is 81.1 cm³/mol. The molecule has 116 valence electrons. The Morgan fingerprint density at radius 3 is 2.23 bits per heavy atom. The van der Waals surface area contributed by atoms with E-state index >= 15 is 0 Å². The van der Waals surface area contributed by atoms with Gasteiger partial charge >= 0.3 is 11.9 Å². The van der Waals surface area contributed by atoms with Gasteiger partial charge in [-0.05, 0) is 18.2 Å². The van der Waals surface area contributed by atoms with Gasteiger partial charge in [0.05, 0.1) is 17.5 Å². The van der Waals surface area contributed by atoms with Gasteiger partial charge in [0.25, 0.3) is 0 Å². The van der Waals surface area contributed by atoms with E-state index in [0.29, 0.717) is 5.56 Å². The van der Waals surface area contributed by atoms with Crippen LogP contribution >= 0.6 is 0 Å². The van der Waals surface area contributed by atoms with Crippen LogP contribution < -0.4 is 0 Å². The quantitative estimate of drug-likeness (QED) is 0.652. The molecule has 1 unspecified atom stereocenters. The molecule has 0 bridgehead atoms. The summed E-state index contributed by atoms with van der Waals surface area (Å²) in [6, 6.07) is 8.30. The van der Waals surface area contributed by atoms with Crippen molar-refractivity contribution in [3.8, 4) is 0 Å². The minimum atomic E-state index is -2.38. The zero-order valence-electron chi connectivity index (χ0n) is 11.7. The molecular formula is C15H14O6S. The number of methoxy groups -OCH3 is 1. The normalized spacial score (nSPS) is 15.5. The van der Waals surface area contributed by atoms with Crippen LogP contribution in [0.2, 0.25) is 0 Å². The first-order valence-electron chi connectivity index (χ1n) is 6.14. The van der Waals surface area contributed by atoms with E-state index in [1.807, 2.05) is 0 Å². The fourth-order valence-corrected chi connectivity index (χ4v) is 2.16. The second-order valence-electron chi connectivity index (χ2n) is 4.05. The summed E-state index contributed by atoms with van der Waals surface area (Å²) in [5.41, 5.74) is 0.331. The lowest BCUT2D eigenvalue weighted by molar-refractivity contribution is -0.141. The van der Waals surface area contributed by atoms with Crippen LogP contribution in [0.1, 0.15) is 10.4 Å². The highest BCUT2D eigenvalue weighted by Crippen LogP contribution is 2.10. The molecule has 0 heterocycles. The number of carboxylic acid groups (broad SMARTS) is 1. The molecule has 0 spiro atoms. The molecule has 0 aliphatic heterocycles. The molecule has 0 fully saturated rings. The number of esters is 1. The molecule has 1 aliphatic rings. The molecule has 2 rings (SSSR count). The third-order valence-electron chi connectivity index (χ3n) is 2.65. The van der Waals surface area contributed by atoms with E-state index in [2.05, 4.69) is 4.74 Å². The number of rotatable bonds is 2. The van der Waals surface area contributed by atoms with Crippen LogP contribution in [0.5, 0.6) is 0 Å². The highest BCUT2D eigenvalue weighted by Gasteiger charge is 2.23. The van der Waals surface area contributed by atoms with Crippen LogP contribution in [0, 0.1) is 5.92 Å². The Balaban J connectivity index is 0.000000235. The number of carbonyl (C=O) groups is 2. The molecule has 22 heavy (non-hydrogen) atoms. The smallest absolute Gasteiger partial charge is 0.335 e. The molecule has 1 N–H and O–H groups in total. The Labute approximate surface area is 128 Å². The summed E-state index contributed by atoms with van der Waals surface area (Å²) in [5.74, 6) is -2.25. The Morgan fingerprint density at radius 1 is 1.14 bits per heavy atom. The van der Waals surface area contributed by atoms with Crippen molar-refractivity contribution in [2.75, 3.05) is 7.11 Å². The van der Waals surface area contributed by atoms with Crippen molar-refractivity contribution in [2.45, 2.75) is 0 Å². The molecule has 0 aromatic heterocycles. The molecule has 0 amide bonds. The summed E-state index contributed by atoms with van der Waals surface area (Å²) in [5, 5.41) is 8.38.